The molecule has 9 heteroatoms. The van der Waals surface area contributed by atoms with Gasteiger partial charge in [0.25, 0.3) is 5.56 Å². The monoisotopic (exact) mass is 498 g/mol. The van der Waals surface area contributed by atoms with Crippen LogP contribution in [0.15, 0.2) is 28.2 Å². The van der Waals surface area contributed by atoms with Crippen LogP contribution in [0.3, 0.4) is 0 Å². The summed E-state index contributed by atoms with van der Waals surface area (Å²) in [7, 11) is 0. The molecule has 34 heavy (non-hydrogen) atoms. The zero-order valence-corrected chi connectivity index (χ0v) is 20.6. The Morgan fingerprint density at radius 1 is 1.26 bits per heavy atom. The van der Waals surface area contributed by atoms with Crippen molar-refractivity contribution in [1.82, 2.24) is 9.55 Å². The maximum Gasteiger partial charge on any atom is 0.263 e. The number of ether oxygens (including phenoxy) is 3. The number of rotatable bonds is 6. The summed E-state index contributed by atoms with van der Waals surface area (Å²) >= 11 is 2.97. The van der Waals surface area contributed by atoms with Gasteiger partial charge >= 0.3 is 0 Å². The van der Waals surface area contributed by atoms with Gasteiger partial charge in [0.2, 0.25) is 6.79 Å². The highest BCUT2D eigenvalue weighted by atomic mass is 32.2. The van der Waals surface area contributed by atoms with E-state index < -0.39 is 0 Å². The number of hydrogen-bond acceptors (Lipinski definition) is 8. The summed E-state index contributed by atoms with van der Waals surface area (Å²) in [6.07, 6.45) is 4.99. The Bertz CT molecular complexity index is 1330. The standard InChI is InChI=1S/C25H26N2O5S2/c1-14-4-6-17-21(9-14)34-23-22(17)24(29)27(11-16-3-2-8-30-16)25(26-23)33-12-18(28)15-5-7-19-20(10-15)32-13-31-19/h5,7,10,14,16H,2-4,6,8-9,11-13H2,1H3. The van der Waals surface area contributed by atoms with Crippen LogP contribution in [0.5, 0.6) is 11.5 Å². The van der Waals surface area contributed by atoms with Crippen molar-refractivity contribution in [3.63, 3.8) is 0 Å². The molecule has 1 aromatic carbocycles. The summed E-state index contributed by atoms with van der Waals surface area (Å²) in [5, 5.41) is 1.37. The molecule has 1 aliphatic carbocycles. The van der Waals surface area contributed by atoms with Crippen LogP contribution in [-0.4, -0.2) is 40.6 Å². The van der Waals surface area contributed by atoms with Crippen molar-refractivity contribution in [3.8, 4) is 11.5 Å². The second-order valence-corrected chi connectivity index (χ2v) is 11.3. The predicted molar refractivity (Wildman–Crippen MR) is 132 cm³/mol. The van der Waals surface area contributed by atoms with Crippen molar-refractivity contribution in [2.24, 2.45) is 5.92 Å². The Labute approximate surface area is 205 Å². The van der Waals surface area contributed by atoms with E-state index >= 15 is 0 Å². The van der Waals surface area contributed by atoms with Crippen molar-refractivity contribution in [3.05, 3.63) is 44.6 Å². The number of thiophene rings is 1. The molecule has 0 radical (unpaired) electrons. The van der Waals surface area contributed by atoms with Crippen LogP contribution in [0.2, 0.25) is 0 Å². The third-order valence-electron chi connectivity index (χ3n) is 6.82. The van der Waals surface area contributed by atoms with Crippen molar-refractivity contribution in [2.45, 2.75) is 56.8 Å². The number of hydrogen-bond donors (Lipinski definition) is 0. The number of Topliss-reactive ketones (excluding diaryl/α,β-unsaturated/α-hetero) is 1. The van der Waals surface area contributed by atoms with E-state index in [0.717, 1.165) is 48.9 Å². The van der Waals surface area contributed by atoms with Gasteiger partial charge < -0.3 is 14.2 Å². The number of carbonyl (C=O) groups is 1. The molecule has 0 saturated carbocycles. The maximum atomic E-state index is 13.7. The molecule has 178 valence electrons. The van der Waals surface area contributed by atoms with Gasteiger partial charge in [0.1, 0.15) is 4.83 Å². The molecule has 1 fully saturated rings. The highest BCUT2D eigenvalue weighted by molar-refractivity contribution is 7.99. The Morgan fingerprint density at radius 2 is 2.15 bits per heavy atom. The van der Waals surface area contributed by atoms with Gasteiger partial charge in [-0.1, -0.05) is 18.7 Å². The van der Waals surface area contributed by atoms with Gasteiger partial charge in [0.15, 0.2) is 22.4 Å². The fourth-order valence-corrected chi connectivity index (χ4v) is 7.28. The average Bonchev–Trinajstić information content (AvgIpc) is 3.58. The van der Waals surface area contributed by atoms with Crippen LogP contribution >= 0.6 is 23.1 Å². The summed E-state index contributed by atoms with van der Waals surface area (Å²) in [6.45, 7) is 3.64. The molecule has 0 bridgehead atoms. The fraction of sp³-hybridized carbons (Fsp3) is 0.480. The van der Waals surface area contributed by atoms with Crippen molar-refractivity contribution in [1.29, 1.82) is 0 Å². The zero-order valence-electron chi connectivity index (χ0n) is 19.0. The van der Waals surface area contributed by atoms with Crippen LogP contribution in [0.4, 0.5) is 0 Å². The summed E-state index contributed by atoms with van der Waals surface area (Å²) < 4.78 is 18.3. The molecule has 3 aromatic rings. The van der Waals surface area contributed by atoms with Crippen LogP contribution in [0, 0.1) is 5.92 Å². The van der Waals surface area contributed by atoms with Crippen molar-refractivity contribution >= 4 is 39.1 Å². The number of benzene rings is 1. The Morgan fingerprint density at radius 3 is 3.00 bits per heavy atom. The van der Waals surface area contributed by atoms with E-state index in [-0.39, 0.29) is 30.0 Å². The van der Waals surface area contributed by atoms with Crippen LogP contribution < -0.4 is 15.0 Å². The molecule has 2 unspecified atom stereocenters. The molecule has 3 aliphatic rings. The third-order valence-corrected chi connectivity index (χ3v) is 8.94. The second-order valence-electron chi connectivity index (χ2n) is 9.26. The van der Waals surface area contributed by atoms with E-state index in [0.29, 0.717) is 34.7 Å². The second kappa shape index (κ2) is 9.02. The van der Waals surface area contributed by atoms with Gasteiger partial charge in [-0.25, -0.2) is 4.98 Å². The first-order chi connectivity index (χ1) is 16.6. The Balaban J connectivity index is 1.33. The van der Waals surface area contributed by atoms with E-state index in [9.17, 15) is 9.59 Å². The SMILES string of the molecule is CC1CCc2c(sc3nc(SCC(=O)c4ccc5c(c4)OCO5)n(CC4CCCO4)c(=O)c23)C1. The molecular formula is C25H26N2O5S2. The molecular weight excluding hydrogens is 472 g/mol. The molecule has 1 saturated heterocycles. The van der Waals surface area contributed by atoms with E-state index in [1.165, 1.54) is 22.2 Å². The van der Waals surface area contributed by atoms with E-state index in [1.807, 2.05) is 0 Å². The lowest BCUT2D eigenvalue weighted by molar-refractivity contribution is 0.0937. The molecule has 2 aliphatic heterocycles. The minimum absolute atomic E-state index is 0.00517. The van der Waals surface area contributed by atoms with Crippen LogP contribution in [0.25, 0.3) is 10.2 Å². The smallest absolute Gasteiger partial charge is 0.263 e. The summed E-state index contributed by atoms with van der Waals surface area (Å²) in [5.41, 5.74) is 1.75. The third kappa shape index (κ3) is 4.03. The zero-order chi connectivity index (χ0) is 23.2. The van der Waals surface area contributed by atoms with Gasteiger partial charge in [-0.2, -0.15) is 0 Å². The molecule has 0 N–H and O–H groups in total. The lowest BCUT2D eigenvalue weighted by Gasteiger charge is -2.18. The van der Waals surface area contributed by atoms with Crippen LogP contribution in [-0.2, 0) is 24.1 Å². The van der Waals surface area contributed by atoms with Gasteiger partial charge in [-0.05, 0) is 61.8 Å². The summed E-state index contributed by atoms with van der Waals surface area (Å²) in [4.78, 5) is 33.7. The number of nitrogens with zero attached hydrogens (tertiary/aromatic N) is 2. The Kier molecular flexibility index (Phi) is 5.87. The first-order valence-electron chi connectivity index (χ1n) is 11.8. The minimum atomic E-state index is -0.0411. The molecule has 0 amide bonds. The molecule has 4 heterocycles. The number of fused-ring (bicyclic) bond motifs is 4. The maximum absolute atomic E-state index is 13.7. The van der Waals surface area contributed by atoms with Gasteiger partial charge in [0, 0.05) is 17.0 Å². The number of aryl methyl sites for hydroxylation is 1. The number of carbonyl (C=O) groups excluding carboxylic acids is 1. The van der Waals surface area contributed by atoms with Gasteiger partial charge in [-0.3, -0.25) is 14.2 Å². The van der Waals surface area contributed by atoms with Gasteiger partial charge in [-0.15, -0.1) is 11.3 Å². The van der Waals surface area contributed by atoms with Crippen LogP contribution in [0.1, 0.15) is 47.0 Å². The number of ketones is 1. The van der Waals surface area contributed by atoms with Crippen molar-refractivity contribution in [2.75, 3.05) is 19.2 Å². The summed E-state index contributed by atoms with van der Waals surface area (Å²) in [6, 6.07) is 5.23. The Hall–Kier alpha value is -2.36. The fourth-order valence-electron chi connectivity index (χ4n) is 4.95. The first kappa shape index (κ1) is 22.1. The van der Waals surface area contributed by atoms with E-state index in [4.69, 9.17) is 19.2 Å². The molecule has 2 atom stereocenters. The molecule has 7 nitrogen and oxygen atoms in total. The molecule has 6 rings (SSSR count). The topological polar surface area (TPSA) is 79.7 Å². The van der Waals surface area contributed by atoms with E-state index in [2.05, 4.69) is 6.92 Å². The van der Waals surface area contributed by atoms with E-state index in [1.54, 1.807) is 34.1 Å². The largest absolute Gasteiger partial charge is 0.454 e. The van der Waals surface area contributed by atoms with Crippen molar-refractivity contribution < 1.29 is 19.0 Å². The predicted octanol–water partition coefficient (Wildman–Crippen LogP) is 4.47. The summed E-state index contributed by atoms with van der Waals surface area (Å²) in [5.74, 6) is 2.01. The quantitative estimate of drug-likeness (QED) is 0.282. The normalized spacial score (nSPS) is 21.2. The number of aromatic nitrogens is 2. The highest BCUT2D eigenvalue weighted by Crippen LogP contribution is 2.37. The molecule has 2 aromatic heterocycles. The lowest BCUT2D eigenvalue weighted by Crippen LogP contribution is -2.29. The minimum Gasteiger partial charge on any atom is -0.454 e. The molecule has 0 spiro atoms. The number of thioether (sulfide) groups is 1. The average molecular weight is 499 g/mol. The highest BCUT2D eigenvalue weighted by Gasteiger charge is 2.27. The lowest BCUT2D eigenvalue weighted by atomic mass is 9.89. The first-order valence-corrected chi connectivity index (χ1v) is 13.6. The van der Waals surface area contributed by atoms with Gasteiger partial charge in [0.05, 0.1) is 23.8 Å².